The minimum absolute atomic E-state index is 0.115. The number of amides is 1. The number of hydrogen-bond donors (Lipinski definition) is 1. The van der Waals surface area contributed by atoms with E-state index >= 15 is 0 Å². The number of aryl methyl sites for hydroxylation is 1. The maximum absolute atomic E-state index is 13.0. The molecule has 0 atom stereocenters. The van der Waals surface area contributed by atoms with Crippen LogP contribution in [0.3, 0.4) is 0 Å². The normalized spacial score (nSPS) is 14.4. The third-order valence-corrected chi connectivity index (χ3v) is 6.25. The molecule has 0 aliphatic carbocycles. The quantitative estimate of drug-likeness (QED) is 0.472. The average Bonchev–Trinajstić information content (AvgIpc) is 2.85. The predicted molar refractivity (Wildman–Crippen MR) is 135 cm³/mol. The standard InChI is InChI=1S/C28H28N4O/c1-21-11-13-23(14-12-21)28(33)30-26-19-29-25-10-6-5-9-24(25)27(26)32-17-15-31(16-18-32)20-22-7-3-2-4-8-22/h2-14,19H,15-18,20H2,1H3,(H,30,33). The highest BCUT2D eigenvalue weighted by atomic mass is 16.1. The molecule has 1 fully saturated rings. The van der Waals surface area contributed by atoms with Crippen LogP contribution in [0.1, 0.15) is 21.5 Å². The second kappa shape index (κ2) is 9.43. The molecule has 0 radical (unpaired) electrons. The second-order valence-corrected chi connectivity index (χ2v) is 8.61. The maximum Gasteiger partial charge on any atom is 0.255 e. The van der Waals surface area contributed by atoms with Gasteiger partial charge >= 0.3 is 0 Å². The number of fused-ring (bicyclic) bond motifs is 1. The largest absolute Gasteiger partial charge is 0.367 e. The van der Waals surface area contributed by atoms with Crippen molar-refractivity contribution in [3.8, 4) is 0 Å². The number of hydrogen-bond acceptors (Lipinski definition) is 4. The molecular formula is C28H28N4O. The van der Waals surface area contributed by atoms with Crippen LogP contribution in [0.2, 0.25) is 0 Å². The van der Waals surface area contributed by atoms with E-state index in [9.17, 15) is 4.79 Å². The van der Waals surface area contributed by atoms with Crippen LogP contribution < -0.4 is 10.2 Å². The maximum atomic E-state index is 13.0. The highest BCUT2D eigenvalue weighted by molar-refractivity contribution is 6.09. The van der Waals surface area contributed by atoms with Crippen molar-refractivity contribution in [2.45, 2.75) is 13.5 Å². The van der Waals surface area contributed by atoms with Crippen LogP contribution in [0.4, 0.5) is 11.4 Å². The molecule has 4 aromatic rings. The van der Waals surface area contributed by atoms with Gasteiger partial charge in [-0.2, -0.15) is 0 Å². The molecule has 1 aliphatic rings. The molecule has 1 saturated heterocycles. The Hall–Kier alpha value is -3.70. The minimum Gasteiger partial charge on any atom is -0.367 e. The van der Waals surface area contributed by atoms with E-state index in [1.807, 2.05) is 49.4 Å². The van der Waals surface area contributed by atoms with Crippen molar-refractivity contribution in [1.29, 1.82) is 0 Å². The summed E-state index contributed by atoms with van der Waals surface area (Å²) in [6.07, 6.45) is 1.79. The van der Waals surface area contributed by atoms with Gasteiger partial charge in [0.05, 0.1) is 23.1 Å². The lowest BCUT2D eigenvalue weighted by Crippen LogP contribution is -2.46. The van der Waals surface area contributed by atoms with Crippen molar-refractivity contribution in [3.05, 3.63) is 102 Å². The van der Waals surface area contributed by atoms with E-state index in [1.54, 1.807) is 6.20 Å². The minimum atomic E-state index is -0.115. The highest BCUT2D eigenvalue weighted by Crippen LogP contribution is 2.34. The summed E-state index contributed by atoms with van der Waals surface area (Å²) >= 11 is 0. The third kappa shape index (κ3) is 4.73. The molecule has 5 rings (SSSR count). The summed E-state index contributed by atoms with van der Waals surface area (Å²) in [5.41, 5.74) is 5.87. The fourth-order valence-electron chi connectivity index (χ4n) is 4.43. The van der Waals surface area contributed by atoms with Crippen molar-refractivity contribution in [2.75, 3.05) is 36.4 Å². The first-order valence-corrected chi connectivity index (χ1v) is 11.4. The SMILES string of the molecule is Cc1ccc(C(=O)Nc2cnc3ccccc3c2N2CCN(Cc3ccccc3)CC2)cc1. The van der Waals surface area contributed by atoms with E-state index in [4.69, 9.17) is 0 Å². The zero-order chi connectivity index (χ0) is 22.6. The Kier molecular flexibility index (Phi) is 6.05. The van der Waals surface area contributed by atoms with Gasteiger partial charge in [-0.25, -0.2) is 0 Å². The number of pyridine rings is 1. The molecule has 0 saturated carbocycles. The number of piperazine rings is 1. The highest BCUT2D eigenvalue weighted by Gasteiger charge is 2.23. The summed E-state index contributed by atoms with van der Waals surface area (Å²) in [7, 11) is 0. The molecule has 0 unspecified atom stereocenters. The van der Waals surface area contributed by atoms with Gasteiger partial charge in [0.1, 0.15) is 0 Å². The average molecular weight is 437 g/mol. The van der Waals surface area contributed by atoms with Gasteiger partial charge in [-0.1, -0.05) is 66.2 Å². The smallest absolute Gasteiger partial charge is 0.255 e. The summed E-state index contributed by atoms with van der Waals surface area (Å²) in [5, 5.41) is 4.20. The van der Waals surface area contributed by atoms with Gasteiger partial charge in [0.25, 0.3) is 5.91 Å². The molecule has 166 valence electrons. The fraction of sp³-hybridized carbons (Fsp3) is 0.214. The fourth-order valence-corrected chi connectivity index (χ4v) is 4.43. The molecule has 33 heavy (non-hydrogen) atoms. The lowest BCUT2D eigenvalue weighted by Gasteiger charge is -2.37. The van der Waals surface area contributed by atoms with E-state index in [-0.39, 0.29) is 5.91 Å². The van der Waals surface area contributed by atoms with Crippen molar-refractivity contribution in [3.63, 3.8) is 0 Å². The van der Waals surface area contributed by atoms with E-state index in [2.05, 4.69) is 56.5 Å². The Morgan fingerprint density at radius 1 is 0.879 bits per heavy atom. The number of anilines is 2. The van der Waals surface area contributed by atoms with Gasteiger partial charge in [0.2, 0.25) is 0 Å². The molecule has 2 heterocycles. The van der Waals surface area contributed by atoms with Crippen LogP contribution in [0.15, 0.2) is 85.1 Å². The van der Waals surface area contributed by atoms with Crippen LogP contribution in [-0.2, 0) is 6.54 Å². The number of benzene rings is 3. The van der Waals surface area contributed by atoms with Gasteiger partial charge in [0.15, 0.2) is 0 Å². The van der Waals surface area contributed by atoms with Crippen molar-refractivity contribution in [2.24, 2.45) is 0 Å². The molecule has 1 aliphatic heterocycles. The second-order valence-electron chi connectivity index (χ2n) is 8.61. The Bertz CT molecular complexity index is 1250. The van der Waals surface area contributed by atoms with E-state index in [0.29, 0.717) is 5.56 Å². The Morgan fingerprint density at radius 2 is 1.58 bits per heavy atom. The Balaban J connectivity index is 1.39. The van der Waals surface area contributed by atoms with E-state index < -0.39 is 0 Å². The zero-order valence-electron chi connectivity index (χ0n) is 18.9. The molecule has 0 bridgehead atoms. The number of carbonyl (C=O) groups is 1. The number of para-hydroxylation sites is 1. The molecule has 1 N–H and O–H groups in total. The van der Waals surface area contributed by atoms with Gasteiger partial charge in [-0.15, -0.1) is 0 Å². The summed E-state index contributed by atoms with van der Waals surface area (Å²) in [6, 6.07) is 26.4. The first kappa shape index (κ1) is 21.2. The Labute approximate surface area is 194 Å². The van der Waals surface area contributed by atoms with Crippen molar-refractivity contribution in [1.82, 2.24) is 9.88 Å². The van der Waals surface area contributed by atoms with Crippen LogP contribution in [-0.4, -0.2) is 42.0 Å². The van der Waals surface area contributed by atoms with Crippen LogP contribution in [0.5, 0.6) is 0 Å². The lowest BCUT2D eigenvalue weighted by atomic mass is 10.1. The summed E-state index contributed by atoms with van der Waals surface area (Å²) in [5.74, 6) is -0.115. The van der Waals surface area contributed by atoms with Gasteiger partial charge in [-0.3, -0.25) is 14.7 Å². The van der Waals surface area contributed by atoms with Crippen LogP contribution in [0.25, 0.3) is 10.9 Å². The number of nitrogens with zero attached hydrogens (tertiary/aromatic N) is 3. The van der Waals surface area contributed by atoms with Gasteiger partial charge in [-0.05, 0) is 30.7 Å². The number of aromatic nitrogens is 1. The summed E-state index contributed by atoms with van der Waals surface area (Å²) in [4.78, 5) is 22.5. The molecular weight excluding hydrogens is 408 g/mol. The molecule has 5 nitrogen and oxygen atoms in total. The summed E-state index contributed by atoms with van der Waals surface area (Å²) < 4.78 is 0. The third-order valence-electron chi connectivity index (χ3n) is 6.25. The lowest BCUT2D eigenvalue weighted by molar-refractivity contribution is 0.102. The van der Waals surface area contributed by atoms with Crippen LogP contribution in [0, 0.1) is 6.92 Å². The number of carbonyl (C=O) groups excluding carboxylic acids is 1. The topological polar surface area (TPSA) is 48.5 Å². The molecule has 5 heteroatoms. The first-order valence-electron chi connectivity index (χ1n) is 11.4. The van der Waals surface area contributed by atoms with E-state index in [1.165, 1.54) is 5.56 Å². The zero-order valence-corrected chi connectivity index (χ0v) is 18.9. The monoisotopic (exact) mass is 436 g/mol. The molecule has 0 spiro atoms. The first-order chi connectivity index (χ1) is 16.2. The van der Waals surface area contributed by atoms with Crippen molar-refractivity contribution < 1.29 is 4.79 Å². The van der Waals surface area contributed by atoms with E-state index in [0.717, 1.165) is 60.6 Å². The summed E-state index contributed by atoms with van der Waals surface area (Å²) in [6.45, 7) is 6.71. The van der Waals surface area contributed by atoms with Crippen LogP contribution >= 0.6 is 0 Å². The number of rotatable bonds is 5. The molecule has 1 aromatic heterocycles. The molecule has 3 aromatic carbocycles. The Morgan fingerprint density at radius 3 is 2.33 bits per heavy atom. The predicted octanol–water partition coefficient (Wildman–Crippen LogP) is 5.12. The molecule has 1 amide bonds. The van der Waals surface area contributed by atoms with Gasteiger partial charge < -0.3 is 10.2 Å². The van der Waals surface area contributed by atoms with Gasteiger partial charge in [0, 0.05) is 43.7 Å². The number of nitrogens with one attached hydrogen (secondary N) is 1. The van der Waals surface area contributed by atoms with Crippen molar-refractivity contribution >= 4 is 28.2 Å².